The Hall–Kier alpha value is -3.55. The summed E-state index contributed by atoms with van der Waals surface area (Å²) in [4.78, 5) is 16.2. The summed E-state index contributed by atoms with van der Waals surface area (Å²) in [6.45, 7) is 1.70. The quantitative estimate of drug-likeness (QED) is 0.629. The summed E-state index contributed by atoms with van der Waals surface area (Å²) in [5.74, 6) is -1.29. The standard InChI is InChI=1S/C23H20F2N4O2/c24-16-1-6-20(21(25)11-16)23(30)28-13-19(14-28)31-18-4-2-17(3-5-18)29-10-8-22(29)15-7-9-26-27-12-15/h1-7,9,11-12,19,22H,8,10,13-14H2. The zero-order chi connectivity index (χ0) is 21.4. The lowest BCUT2D eigenvalue weighted by Gasteiger charge is -2.43. The van der Waals surface area contributed by atoms with E-state index in [9.17, 15) is 13.6 Å². The first-order valence-electron chi connectivity index (χ1n) is 10.1. The molecular formula is C23H20F2N4O2. The monoisotopic (exact) mass is 422 g/mol. The Morgan fingerprint density at radius 2 is 1.84 bits per heavy atom. The predicted molar refractivity (Wildman–Crippen MR) is 110 cm³/mol. The van der Waals surface area contributed by atoms with Crippen molar-refractivity contribution in [1.29, 1.82) is 0 Å². The zero-order valence-electron chi connectivity index (χ0n) is 16.6. The normalized spacial score (nSPS) is 18.3. The van der Waals surface area contributed by atoms with Crippen LogP contribution in [-0.4, -0.2) is 46.7 Å². The summed E-state index contributed by atoms with van der Waals surface area (Å²) in [5.41, 5.74) is 2.13. The van der Waals surface area contributed by atoms with Crippen LogP contribution in [0.3, 0.4) is 0 Å². The van der Waals surface area contributed by atoms with Crippen molar-refractivity contribution in [3.05, 3.63) is 83.7 Å². The average molecular weight is 422 g/mol. The Balaban J connectivity index is 1.16. The zero-order valence-corrected chi connectivity index (χ0v) is 16.6. The summed E-state index contributed by atoms with van der Waals surface area (Å²) in [5, 5.41) is 7.80. The first-order chi connectivity index (χ1) is 15.1. The smallest absolute Gasteiger partial charge is 0.257 e. The second kappa shape index (κ2) is 7.94. The Bertz CT molecular complexity index is 1090. The van der Waals surface area contributed by atoms with Gasteiger partial charge in [-0.1, -0.05) is 0 Å². The Kier molecular flexibility index (Phi) is 4.97. The van der Waals surface area contributed by atoms with E-state index in [-0.39, 0.29) is 11.7 Å². The van der Waals surface area contributed by atoms with Gasteiger partial charge >= 0.3 is 0 Å². The second-order valence-corrected chi connectivity index (χ2v) is 7.74. The van der Waals surface area contributed by atoms with Gasteiger partial charge in [-0.3, -0.25) is 4.79 Å². The predicted octanol–water partition coefficient (Wildman–Crippen LogP) is 3.61. The Labute approximate surface area is 178 Å². The van der Waals surface area contributed by atoms with Gasteiger partial charge in [0.2, 0.25) is 0 Å². The van der Waals surface area contributed by atoms with Gasteiger partial charge in [-0.2, -0.15) is 10.2 Å². The molecular weight excluding hydrogens is 402 g/mol. The van der Waals surface area contributed by atoms with Gasteiger partial charge in [0.05, 0.1) is 30.9 Å². The van der Waals surface area contributed by atoms with Crippen LogP contribution in [0.5, 0.6) is 5.75 Å². The number of rotatable bonds is 5. The minimum atomic E-state index is -0.850. The Morgan fingerprint density at radius 3 is 2.48 bits per heavy atom. The molecule has 0 saturated carbocycles. The van der Waals surface area contributed by atoms with Gasteiger partial charge in [0, 0.05) is 24.5 Å². The fraction of sp³-hybridized carbons (Fsp3) is 0.261. The van der Waals surface area contributed by atoms with Crippen molar-refractivity contribution in [2.75, 3.05) is 24.5 Å². The van der Waals surface area contributed by atoms with Gasteiger partial charge in [-0.05, 0) is 54.4 Å². The highest BCUT2D eigenvalue weighted by Gasteiger charge is 2.34. The maximum absolute atomic E-state index is 13.8. The van der Waals surface area contributed by atoms with Crippen LogP contribution in [0.25, 0.3) is 0 Å². The molecule has 2 aromatic carbocycles. The van der Waals surface area contributed by atoms with Gasteiger partial charge in [-0.25, -0.2) is 8.78 Å². The topological polar surface area (TPSA) is 58.6 Å². The molecule has 8 heteroatoms. The number of ether oxygens (including phenoxy) is 1. The second-order valence-electron chi connectivity index (χ2n) is 7.74. The summed E-state index contributed by atoms with van der Waals surface area (Å²) in [6.07, 6.45) is 4.43. The van der Waals surface area contributed by atoms with Crippen LogP contribution in [0.4, 0.5) is 14.5 Å². The molecule has 3 aromatic rings. The number of hydrogen-bond donors (Lipinski definition) is 0. The van der Waals surface area contributed by atoms with Crippen LogP contribution in [0.15, 0.2) is 60.9 Å². The van der Waals surface area contributed by atoms with E-state index in [4.69, 9.17) is 4.74 Å². The van der Waals surface area contributed by atoms with Crippen molar-refractivity contribution in [2.24, 2.45) is 0 Å². The van der Waals surface area contributed by atoms with Gasteiger partial charge in [0.1, 0.15) is 23.5 Å². The van der Waals surface area contributed by atoms with Crippen LogP contribution >= 0.6 is 0 Å². The number of benzene rings is 2. The van der Waals surface area contributed by atoms with Crippen LogP contribution in [-0.2, 0) is 0 Å². The number of carbonyl (C=O) groups is 1. The number of nitrogens with zero attached hydrogens (tertiary/aromatic N) is 4. The number of aromatic nitrogens is 2. The maximum Gasteiger partial charge on any atom is 0.257 e. The van der Waals surface area contributed by atoms with Crippen LogP contribution < -0.4 is 9.64 Å². The van der Waals surface area contributed by atoms with Crippen LogP contribution in [0, 0.1) is 11.6 Å². The van der Waals surface area contributed by atoms with Gasteiger partial charge in [0.15, 0.2) is 0 Å². The van der Waals surface area contributed by atoms with E-state index in [0.717, 1.165) is 42.1 Å². The molecule has 31 heavy (non-hydrogen) atoms. The summed E-state index contributed by atoms with van der Waals surface area (Å²) >= 11 is 0. The van der Waals surface area contributed by atoms with Gasteiger partial charge < -0.3 is 14.5 Å². The molecule has 2 saturated heterocycles. The van der Waals surface area contributed by atoms with E-state index in [1.54, 1.807) is 12.4 Å². The van der Waals surface area contributed by atoms with Crippen LogP contribution in [0.2, 0.25) is 0 Å². The third kappa shape index (κ3) is 3.81. The van der Waals surface area contributed by atoms with Crippen molar-refractivity contribution in [3.63, 3.8) is 0 Å². The van der Waals surface area contributed by atoms with Crippen molar-refractivity contribution >= 4 is 11.6 Å². The van der Waals surface area contributed by atoms with E-state index >= 15 is 0 Å². The van der Waals surface area contributed by atoms with E-state index in [1.165, 1.54) is 11.0 Å². The first-order valence-corrected chi connectivity index (χ1v) is 10.1. The third-order valence-corrected chi connectivity index (χ3v) is 5.78. The molecule has 1 atom stereocenters. The fourth-order valence-corrected chi connectivity index (χ4v) is 3.96. The number of carbonyl (C=O) groups excluding carboxylic acids is 1. The molecule has 0 N–H and O–H groups in total. The lowest BCUT2D eigenvalue weighted by atomic mass is 9.95. The molecule has 1 aromatic heterocycles. The maximum atomic E-state index is 13.8. The highest BCUT2D eigenvalue weighted by molar-refractivity contribution is 5.95. The van der Waals surface area contributed by atoms with Crippen molar-refractivity contribution in [1.82, 2.24) is 15.1 Å². The van der Waals surface area contributed by atoms with E-state index in [0.29, 0.717) is 19.1 Å². The summed E-state index contributed by atoms with van der Waals surface area (Å²) in [7, 11) is 0. The third-order valence-electron chi connectivity index (χ3n) is 5.78. The van der Waals surface area contributed by atoms with Crippen molar-refractivity contribution in [2.45, 2.75) is 18.6 Å². The van der Waals surface area contributed by atoms with E-state index in [1.807, 2.05) is 30.3 Å². The van der Waals surface area contributed by atoms with E-state index < -0.39 is 17.5 Å². The fourth-order valence-electron chi connectivity index (χ4n) is 3.96. The summed E-state index contributed by atoms with van der Waals surface area (Å²) < 4.78 is 32.8. The molecule has 0 radical (unpaired) electrons. The molecule has 158 valence electrons. The molecule has 2 aliphatic heterocycles. The molecule has 2 aliphatic rings. The molecule has 1 unspecified atom stereocenters. The van der Waals surface area contributed by atoms with Gasteiger partial charge in [0.25, 0.3) is 5.91 Å². The minimum Gasteiger partial charge on any atom is -0.487 e. The molecule has 2 fully saturated rings. The minimum absolute atomic E-state index is 0.127. The molecule has 0 aliphatic carbocycles. The van der Waals surface area contributed by atoms with Gasteiger partial charge in [-0.15, -0.1) is 0 Å². The largest absolute Gasteiger partial charge is 0.487 e. The van der Waals surface area contributed by atoms with Crippen LogP contribution in [0.1, 0.15) is 28.4 Å². The number of anilines is 1. The lowest BCUT2D eigenvalue weighted by Crippen LogP contribution is -2.56. The highest BCUT2D eigenvalue weighted by atomic mass is 19.1. The molecule has 1 amide bonds. The molecule has 0 bridgehead atoms. The molecule has 0 spiro atoms. The Morgan fingerprint density at radius 1 is 1.03 bits per heavy atom. The summed E-state index contributed by atoms with van der Waals surface area (Å²) in [6, 6.07) is 13.1. The average Bonchev–Trinajstić information content (AvgIpc) is 2.71. The van der Waals surface area contributed by atoms with E-state index in [2.05, 4.69) is 15.1 Å². The number of halogens is 2. The molecule has 3 heterocycles. The molecule has 5 rings (SSSR count). The number of hydrogen-bond acceptors (Lipinski definition) is 5. The molecule has 6 nitrogen and oxygen atoms in total. The lowest BCUT2D eigenvalue weighted by molar-refractivity contribution is 0.0174. The first kappa shape index (κ1) is 19.4. The number of amides is 1. The number of likely N-dealkylation sites (tertiary alicyclic amines) is 1. The van der Waals surface area contributed by atoms with Crippen molar-refractivity contribution < 1.29 is 18.3 Å². The SMILES string of the molecule is O=C(c1ccc(F)cc1F)N1CC(Oc2ccc(N3CCC3c3ccnnc3)cc2)C1. The van der Waals surface area contributed by atoms with Crippen molar-refractivity contribution in [3.8, 4) is 5.75 Å². The highest BCUT2D eigenvalue weighted by Crippen LogP contribution is 2.37.